The summed E-state index contributed by atoms with van der Waals surface area (Å²) in [4.78, 5) is 17.6. The van der Waals surface area contributed by atoms with Crippen molar-refractivity contribution in [3.8, 4) is 17.2 Å². The van der Waals surface area contributed by atoms with Crippen molar-refractivity contribution in [2.24, 2.45) is 0 Å². The van der Waals surface area contributed by atoms with E-state index >= 15 is 0 Å². The summed E-state index contributed by atoms with van der Waals surface area (Å²) in [6, 6.07) is 11.6. The van der Waals surface area contributed by atoms with Gasteiger partial charge in [0.25, 0.3) is 5.91 Å². The van der Waals surface area contributed by atoms with Crippen molar-refractivity contribution in [1.82, 2.24) is 9.80 Å². The molecule has 0 unspecified atom stereocenters. The fourth-order valence-corrected chi connectivity index (χ4v) is 4.89. The number of carbonyl (C=O) groups is 1. The van der Waals surface area contributed by atoms with Crippen molar-refractivity contribution in [3.63, 3.8) is 0 Å². The number of amides is 1. The van der Waals surface area contributed by atoms with Gasteiger partial charge in [-0.05, 0) is 81.1 Å². The Morgan fingerprint density at radius 2 is 1.64 bits per heavy atom. The molecule has 1 saturated heterocycles. The number of hydrogen-bond acceptors (Lipinski definition) is 5. The molecule has 0 aliphatic carbocycles. The van der Waals surface area contributed by atoms with E-state index in [4.69, 9.17) is 14.2 Å². The molecule has 0 atom stereocenters. The fraction of sp³-hybridized carbons (Fsp3) is 0.519. The van der Waals surface area contributed by atoms with Crippen molar-refractivity contribution in [2.75, 3.05) is 53.6 Å². The lowest BCUT2D eigenvalue weighted by atomic mass is 10.0. The van der Waals surface area contributed by atoms with E-state index in [0.29, 0.717) is 25.3 Å². The molecule has 33 heavy (non-hydrogen) atoms. The Morgan fingerprint density at radius 1 is 0.879 bits per heavy atom. The fourth-order valence-electron chi connectivity index (χ4n) is 4.89. The summed E-state index contributed by atoms with van der Waals surface area (Å²) in [6.45, 7) is 5.60. The molecule has 0 radical (unpaired) electrons. The summed E-state index contributed by atoms with van der Waals surface area (Å²) in [5.74, 6) is 2.41. The van der Waals surface area contributed by atoms with E-state index in [9.17, 15) is 4.79 Å². The van der Waals surface area contributed by atoms with E-state index in [1.165, 1.54) is 37.9 Å². The minimum absolute atomic E-state index is 0.0605. The highest BCUT2D eigenvalue weighted by Gasteiger charge is 2.23. The van der Waals surface area contributed by atoms with Crippen molar-refractivity contribution in [2.45, 2.75) is 38.5 Å². The number of rotatable bonds is 8. The molecule has 6 nitrogen and oxygen atoms in total. The third-order valence-corrected chi connectivity index (χ3v) is 6.75. The smallest absolute Gasteiger partial charge is 0.253 e. The monoisotopic (exact) mass is 452 g/mol. The predicted octanol–water partition coefficient (Wildman–Crippen LogP) is 4.20. The van der Waals surface area contributed by atoms with Gasteiger partial charge in [-0.1, -0.05) is 12.5 Å². The third-order valence-electron chi connectivity index (χ3n) is 6.75. The molecule has 0 bridgehead atoms. The van der Waals surface area contributed by atoms with Crippen molar-refractivity contribution >= 4 is 5.91 Å². The molecule has 1 amide bonds. The first-order chi connectivity index (χ1) is 16.2. The average Bonchev–Trinajstić information content (AvgIpc) is 3.09. The SMILES string of the molecule is COc1ccc2c(c1OC)CCN(C(=O)c1ccc(OCCCN3CCCCC3)cc1)CC2. The summed E-state index contributed by atoms with van der Waals surface area (Å²) in [5.41, 5.74) is 3.06. The summed E-state index contributed by atoms with van der Waals surface area (Å²) < 4.78 is 17.0. The second kappa shape index (κ2) is 11.4. The van der Waals surface area contributed by atoms with Crippen LogP contribution < -0.4 is 14.2 Å². The molecule has 0 saturated carbocycles. The summed E-state index contributed by atoms with van der Waals surface area (Å²) >= 11 is 0. The zero-order chi connectivity index (χ0) is 23.0. The quantitative estimate of drug-likeness (QED) is 0.562. The van der Waals surface area contributed by atoms with Gasteiger partial charge >= 0.3 is 0 Å². The maximum atomic E-state index is 13.2. The van der Waals surface area contributed by atoms with Gasteiger partial charge in [0.05, 0.1) is 20.8 Å². The van der Waals surface area contributed by atoms with Crippen LogP contribution >= 0.6 is 0 Å². The average molecular weight is 453 g/mol. The first-order valence-electron chi connectivity index (χ1n) is 12.2. The molecule has 178 valence electrons. The van der Waals surface area contributed by atoms with Crippen LogP contribution in [0.15, 0.2) is 36.4 Å². The molecule has 4 rings (SSSR count). The zero-order valence-electron chi connectivity index (χ0n) is 20.0. The van der Waals surface area contributed by atoms with Gasteiger partial charge in [0, 0.05) is 30.8 Å². The lowest BCUT2D eigenvalue weighted by molar-refractivity contribution is 0.0763. The summed E-state index contributed by atoms with van der Waals surface area (Å²) in [5, 5.41) is 0. The molecular weight excluding hydrogens is 416 g/mol. The Balaban J connectivity index is 1.30. The summed E-state index contributed by atoms with van der Waals surface area (Å²) in [6.07, 6.45) is 6.59. The third kappa shape index (κ3) is 5.80. The van der Waals surface area contributed by atoms with E-state index in [1.807, 2.05) is 35.2 Å². The van der Waals surface area contributed by atoms with Crippen LogP contribution in [0.2, 0.25) is 0 Å². The van der Waals surface area contributed by atoms with Gasteiger partial charge in [-0.15, -0.1) is 0 Å². The Morgan fingerprint density at radius 3 is 2.36 bits per heavy atom. The number of piperidine rings is 1. The predicted molar refractivity (Wildman–Crippen MR) is 130 cm³/mol. The normalized spacial score (nSPS) is 16.6. The lowest BCUT2D eigenvalue weighted by Gasteiger charge is -2.26. The minimum Gasteiger partial charge on any atom is -0.494 e. The van der Waals surface area contributed by atoms with Crippen LogP contribution in [0.5, 0.6) is 17.2 Å². The van der Waals surface area contributed by atoms with Crippen LogP contribution in [-0.4, -0.2) is 69.3 Å². The van der Waals surface area contributed by atoms with Crippen molar-refractivity contribution < 1.29 is 19.0 Å². The van der Waals surface area contributed by atoms with Gasteiger partial charge in [0.15, 0.2) is 11.5 Å². The van der Waals surface area contributed by atoms with E-state index in [-0.39, 0.29) is 5.91 Å². The number of methoxy groups -OCH3 is 2. The van der Waals surface area contributed by atoms with Crippen LogP contribution in [0.1, 0.15) is 47.2 Å². The van der Waals surface area contributed by atoms with Crippen LogP contribution in [0.4, 0.5) is 0 Å². The first kappa shape index (κ1) is 23.4. The summed E-state index contributed by atoms with van der Waals surface area (Å²) in [7, 11) is 3.32. The molecule has 2 aliphatic heterocycles. The standard InChI is InChI=1S/C27H36N2O4/c1-31-25-12-9-21-13-18-29(19-14-24(21)26(25)32-2)27(30)22-7-10-23(11-8-22)33-20-6-17-28-15-4-3-5-16-28/h7-12H,3-6,13-20H2,1-2H3. The van der Waals surface area contributed by atoms with E-state index in [2.05, 4.69) is 11.0 Å². The van der Waals surface area contributed by atoms with Crippen LogP contribution in [0.3, 0.4) is 0 Å². The van der Waals surface area contributed by atoms with Gasteiger partial charge in [-0.25, -0.2) is 0 Å². The molecule has 2 aliphatic rings. The largest absolute Gasteiger partial charge is 0.494 e. The van der Waals surface area contributed by atoms with E-state index < -0.39 is 0 Å². The maximum Gasteiger partial charge on any atom is 0.253 e. The number of nitrogens with zero attached hydrogens (tertiary/aromatic N) is 2. The number of ether oxygens (including phenoxy) is 3. The van der Waals surface area contributed by atoms with Gasteiger partial charge in [-0.2, -0.15) is 0 Å². The van der Waals surface area contributed by atoms with Crippen LogP contribution in [0.25, 0.3) is 0 Å². The van der Waals surface area contributed by atoms with E-state index in [0.717, 1.165) is 48.6 Å². The lowest BCUT2D eigenvalue weighted by Crippen LogP contribution is -2.33. The molecule has 2 heterocycles. The van der Waals surface area contributed by atoms with E-state index in [1.54, 1.807) is 14.2 Å². The van der Waals surface area contributed by atoms with Gasteiger partial charge in [0.1, 0.15) is 5.75 Å². The minimum atomic E-state index is 0.0605. The number of likely N-dealkylation sites (tertiary alicyclic amines) is 1. The molecule has 0 aromatic heterocycles. The zero-order valence-corrected chi connectivity index (χ0v) is 20.0. The second-order valence-electron chi connectivity index (χ2n) is 8.86. The number of benzene rings is 2. The Bertz CT molecular complexity index is 922. The first-order valence-corrected chi connectivity index (χ1v) is 12.2. The van der Waals surface area contributed by atoms with Crippen molar-refractivity contribution in [3.05, 3.63) is 53.1 Å². The highest BCUT2D eigenvalue weighted by molar-refractivity contribution is 5.94. The molecule has 6 heteroatoms. The molecule has 1 fully saturated rings. The molecular formula is C27H36N2O4. The molecule has 2 aromatic rings. The van der Waals surface area contributed by atoms with Gasteiger partial charge in [-0.3, -0.25) is 4.79 Å². The van der Waals surface area contributed by atoms with Gasteiger partial charge < -0.3 is 24.0 Å². The number of fused-ring (bicyclic) bond motifs is 1. The Kier molecular flexibility index (Phi) is 8.10. The molecule has 0 N–H and O–H groups in total. The second-order valence-corrected chi connectivity index (χ2v) is 8.86. The number of hydrogen-bond donors (Lipinski definition) is 0. The Hall–Kier alpha value is -2.73. The molecule has 0 spiro atoms. The van der Waals surface area contributed by atoms with Crippen LogP contribution in [-0.2, 0) is 12.8 Å². The van der Waals surface area contributed by atoms with Crippen LogP contribution in [0, 0.1) is 0 Å². The topological polar surface area (TPSA) is 51.2 Å². The number of carbonyl (C=O) groups excluding carboxylic acids is 1. The molecule has 2 aromatic carbocycles. The maximum absolute atomic E-state index is 13.2. The van der Waals surface area contributed by atoms with Gasteiger partial charge in [0.2, 0.25) is 0 Å². The Labute approximate surface area is 197 Å². The highest BCUT2D eigenvalue weighted by atomic mass is 16.5. The highest BCUT2D eigenvalue weighted by Crippen LogP contribution is 2.35. The van der Waals surface area contributed by atoms with Crippen molar-refractivity contribution in [1.29, 1.82) is 0 Å².